The molecule has 2 aromatic rings. The summed E-state index contributed by atoms with van der Waals surface area (Å²) in [5, 5.41) is 1.02. The number of fused-ring (bicyclic) bond motifs is 1. The molecule has 0 N–H and O–H groups in total. The zero-order valence-corrected chi connectivity index (χ0v) is 9.08. The first kappa shape index (κ1) is 9.98. The quantitative estimate of drug-likeness (QED) is 0.735. The van der Waals surface area contributed by atoms with Gasteiger partial charge in [0.25, 0.3) is 0 Å². The number of halogens is 1. The van der Waals surface area contributed by atoms with Crippen molar-refractivity contribution in [1.82, 2.24) is 9.97 Å². The van der Waals surface area contributed by atoms with E-state index in [0.29, 0.717) is 27.6 Å². The first-order chi connectivity index (χ1) is 7.27. The number of hydrogen-bond acceptors (Lipinski definition) is 4. The molecule has 5 heteroatoms. The number of methoxy groups -OCH3 is 2. The van der Waals surface area contributed by atoms with E-state index in [-0.39, 0.29) is 0 Å². The predicted molar refractivity (Wildman–Crippen MR) is 57.7 cm³/mol. The second kappa shape index (κ2) is 3.90. The second-order valence-corrected chi connectivity index (χ2v) is 3.22. The van der Waals surface area contributed by atoms with E-state index < -0.39 is 0 Å². The molecule has 78 valence electrons. The standard InChI is InChI=1S/C10H9ClN2O2/c1-14-6-3-4-7(15-2)9-8(6)10(11)13-5-12-9/h3-5H,1-2H3. The van der Waals surface area contributed by atoms with E-state index in [1.165, 1.54) is 6.33 Å². The van der Waals surface area contributed by atoms with Crippen molar-refractivity contribution in [2.24, 2.45) is 0 Å². The Kier molecular flexibility index (Phi) is 2.60. The van der Waals surface area contributed by atoms with Crippen LogP contribution in [0.15, 0.2) is 18.5 Å². The van der Waals surface area contributed by atoms with Gasteiger partial charge in [0, 0.05) is 0 Å². The monoisotopic (exact) mass is 224 g/mol. The fraction of sp³-hybridized carbons (Fsp3) is 0.200. The van der Waals surface area contributed by atoms with Gasteiger partial charge in [-0.2, -0.15) is 0 Å². The van der Waals surface area contributed by atoms with Gasteiger partial charge in [0.1, 0.15) is 28.5 Å². The van der Waals surface area contributed by atoms with Crippen LogP contribution in [0.4, 0.5) is 0 Å². The molecule has 0 amide bonds. The van der Waals surface area contributed by atoms with E-state index in [1.807, 2.05) is 0 Å². The Morgan fingerprint density at radius 3 is 2.40 bits per heavy atom. The number of ether oxygens (including phenoxy) is 2. The molecular weight excluding hydrogens is 216 g/mol. The lowest BCUT2D eigenvalue weighted by Gasteiger charge is -2.08. The molecule has 0 saturated carbocycles. The van der Waals surface area contributed by atoms with Crippen LogP contribution in [0.25, 0.3) is 10.9 Å². The lowest BCUT2D eigenvalue weighted by Crippen LogP contribution is -1.93. The smallest absolute Gasteiger partial charge is 0.145 e. The number of nitrogens with zero attached hydrogens (tertiary/aromatic N) is 2. The topological polar surface area (TPSA) is 44.2 Å². The van der Waals surface area contributed by atoms with Gasteiger partial charge in [-0.15, -0.1) is 0 Å². The van der Waals surface area contributed by atoms with Crippen LogP contribution in [0.2, 0.25) is 5.15 Å². The molecule has 1 aromatic heterocycles. The minimum atomic E-state index is 0.357. The number of rotatable bonds is 2. The Balaban J connectivity index is 2.86. The fourth-order valence-corrected chi connectivity index (χ4v) is 1.64. The third kappa shape index (κ3) is 1.57. The maximum absolute atomic E-state index is 5.98. The predicted octanol–water partition coefficient (Wildman–Crippen LogP) is 2.30. The first-order valence-electron chi connectivity index (χ1n) is 4.29. The lowest BCUT2D eigenvalue weighted by atomic mass is 10.2. The summed E-state index contributed by atoms with van der Waals surface area (Å²) in [6.45, 7) is 0. The van der Waals surface area contributed by atoms with Crippen molar-refractivity contribution in [2.75, 3.05) is 14.2 Å². The van der Waals surface area contributed by atoms with Crippen LogP contribution in [0.3, 0.4) is 0 Å². The summed E-state index contributed by atoms with van der Waals surface area (Å²) in [6.07, 6.45) is 1.40. The minimum Gasteiger partial charge on any atom is -0.496 e. The number of benzene rings is 1. The molecular formula is C10H9ClN2O2. The SMILES string of the molecule is COc1ccc(OC)c2c(Cl)ncnc12. The molecule has 0 spiro atoms. The maximum atomic E-state index is 5.98. The van der Waals surface area contributed by atoms with Crippen molar-refractivity contribution in [3.63, 3.8) is 0 Å². The summed E-state index contributed by atoms with van der Waals surface area (Å²) in [7, 11) is 3.15. The average Bonchev–Trinajstić information content (AvgIpc) is 2.28. The zero-order valence-electron chi connectivity index (χ0n) is 8.32. The van der Waals surface area contributed by atoms with Gasteiger partial charge in [0.05, 0.1) is 19.6 Å². The third-order valence-electron chi connectivity index (χ3n) is 2.11. The second-order valence-electron chi connectivity index (χ2n) is 2.86. The van der Waals surface area contributed by atoms with Crippen LogP contribution in [-0.2, 0) is 0 Å². The molecule has 0 bridgehead atoms. The summed E-state index contributed by atoms with van der Waals surface area (Å²) in [5.41, 5.74) is 0.650. The van der Waals surface area contributed by atoms with E-state index in [2.05, 4.69) is 9.97 Å². The number of hydrogen-bond donors (Lipinski definition) is 0. The van der Waals surface area contributed by atoms with Gasteiger partial charge >= 0.3 is 0 Å². The van der Waals surface area contributed by atoms with Gasteiger partial charge in [0.15, 0.2) is 0 Å². The van der Waals surface area contributed by atoms with E-state index in [0.717, 1.165) is 0 Å². The Bertz CT molecular complexity index is 502. The van der Waals surface area contributed by atoms with Crippen LogP contribution in [0.5, 0.6) is 11.5 Å². The van der Waals surface area contributed by atoms with Gasteiger partial charge in [-0.25, -0.2) is 9.97 Å². The van der Waals surface area contributed by atoms with E-state index in [4.69, 9.17) is 21.1 Å². The van der Waals surface area contributed by atoms with Crippen LogP contribution in [0.1, 0.15) is 0 Å². The van der Waals surface area contributed by atoms with E-state index in [9.17, 15) is 0 Å². The molecule has 0 fully saturated rings. The maximum Gasteiger partial charge on any atom is 0.145 e. The van der Waals surface area contributed by atoms with Crippen LogP contribution >= 0.6 is 11.6 Å². The van der Waals surface area contributed by atoms with E-state index >= 15 is 0 Å². The lowest BCUT2D eigenvalue weighted by molar-refractivity contribution is 0.409. The van der Waals surface area contributed by atoms with Crippen LogP contribution in [0, 0.1) is 0 Å². The third-order valence-corrected chi connectivity index (χ3v) is 2.39. The number of aromatic nitrogens is 2. The Morgan fingerprint density at radius 2 is 1.73 bits per heavy atom. The van der Waals surface area contributed by atoms with Crippen molar-refractivity contribution >= 4 is 22.5 Å². The first-order valence-corrected chi connectivity index (χ1v) is 4.67. The van der Waals surface area contributed by atoms with Gasteiger partial charge in [-0.3, -0.25) is 0 Å². The van der Waals surface area contributed by atoms with Crippen molar-refractivity contribution < 1.29 is 9.47 Å². The highest BCUT2D eigenvalue weighted by Crippen LogP contribution is 2.34. The molecule has 0 unspecified atom stereocenters. The zero-order chi connectivity index (χ0) is 10.8. The average molecular weight is 225 g/mol. The van der Waals surface area contributed by atoms with Crippen LogP contribution < -0.4 is 9.47 Å². The molecule has 1 aromatic carbocycles. The summed E-state index contributed by atoms with van der Waals surface area (Å²) < 4.78 is 10.4. The Morgan fingerprint density at radius 1 is 1.07 bits per heavy atom. The van der Waals surface area contributed by atoms with Crippen LogP contribution in [-0.4, -0.2) is 24.2 Å². The van der Waals surface area contributed by atoms with Crippen molar-refractivity contribution in [1.29, 1.82) is 0 Å². The molecule has 0 aliphatic rings. The highest BCUT2D eigenvalue weighted by molar-refractivity contribution is 6.34. The molecule has 0 aliphatic heterocycles. The van der Waals surface area contributed by atoms with Gasteiger partial charge in [-0.05, 0) is 12.1 Å². The Hall–Kier alpha value is -1.55. The molecule has 4 nitrogen and oxygen atoms in total. The largest absolute Gasteiger partial charge is 0.496 e. The van der Waals surface area contributed by atoms with Crippen molar-refractivity contribution in [2.45, 2.75) is 0 Å². The van der Waals surface area contributed by atoms with Gasteiger partial charge in [-0.1, -0.05) is 11.6 Å². The summed E-state index contributed by atoms with van der Waals surface area (Å²) in [4.78, 5) is 8.03. The molecule has 0 aliphatic carbocycles. The molecule has 0 saturated heterocycles. The van der Waals surface area contributed by atoms with Crippen molar-refractivity contribution in [3.05, 3.63) is 23.6 Å². The molecule has 0 atom stereocenters. The normalized spacial score (nSPS) is 10.3. The van der Waals surface area contributed by atoms with Gasteiger partial charge < -0.3 is 9.47 Å². The van der Waals surface area contributed by atoms with Crippen molar-refractivity contribution in [3.8, 4) is 11.5 Å². The molecule has 0 radical (unpaired) electrons. The Labute approximate surface area is 91.8 Å². The highest BCUT2D eigenvalue weighted by atomic mass is 35.5. The molecule has 15 heavy (non-hydrogen) atoms. The summed E-state index contributed by atoms with van der Waals surface area (Å²) in [6, 6.07) is 3.56. The highest BCUT2D eigenvalue weighted by Gasteiger charge is 2.11. The molecule has 1 heterocycles. The summed E-state index contributed by atoms with van der Waals surface area (Å²) >= 11 is 5.98. The minimum absolute atomic E-state index is 0.357. The summed E-state index contributed by atoms with van der Waals surface area (Å²) in [5.74, 6) is 1.28. The van der Waals surface area contributed by atoms with E-state index in [1.54, 1.807) is 26.4 Å². The van der Waals surface area contributed by atoms with Gasteiger partial charge in [0.2, 0.25) is 0 Å². The molecule has 2 rings (SSSR count). The fourth-order valence-electron chi connectivity index (χ4n) is 1.42.